The van der Waals surface area contributed by atoms with Crippen LogP contribution in [-0.4, -0.2) is 30.9 Å². The van der Waals surface area contributed by atoms with Crippen LogP contribution in [0.15, 0.2) is 22.7 Å². The molecule has 0 spiro atoms. The Kier molecular flexibility index (Phi) is 4.77. The van der Waals surface area contributed by atoms with Gasteiger partial charge in [-0.1, -0.05) is 15.9 Å². The van der Waals surface area contributed by atoms with E-state index in [9.17, 15) is 18.5 Å². The molecule has 1 saturated heterocycles. The average Bonchev–Trinajstić information content (AvgIpc) is 2.70. The molecule has 20 heavy (non-hydrogen) atoms. The smallest absolute Gasteiger partial charge is 0.275 e. The molecule has 1 unspecified atom stereocenters. The minimum absolute atomic E-state index is 0.0288. The van der Waals surface area contributed by atoms with Crippen LogP contribution in [0.1, 0.15) is 18.4 Å². The van der Waals surface area contributed by atoms with Gasteiger partial charge in [-0.3, -0.25) is 10.1 Å². The summed E-state index contributed by atoms with van der Waals surface area (Å²) in [5, 5.41) is 13.6. The van der Waals surface area contributed by atoms with Crippen LogP contribution in [0, 0.1) is 10.1 Å². The van der Waals surface area contributed by atoms with Gasteiger partial charge in [-0.25, -0.2) is 8.42 Å². The first-order valence-electron chi connectivity index (χ1n) is 6.25. The Labute approximate surface area is 125 Å². The van der Waals surface area contributed by atoms with E-state index in [1.54, 1.807) is 12.1 Å². The lowest BCUT2D eigenvalue weighted by Crippen LogP contribution is -2.30. The van der Waals surface area contributed by atoms with Crippen molar-refractivity contribution in [1.29, 1.82) is 0 Å². The van der Waals surface area contributed by atoms with E-state index >= 15 is 0 Å². The quantitative estimate of drug-likeness (QED) is 0.639. The van der Waals surface area contributed by atoms with Crippen molar-refractivity contribution in [3.05, 3.63) is 38.3 Å². The average molecular weight is 363 g/mol. The molecule has 1 heterocycles. The second kappa shape index (κ2) is 6.19. The van der Waals surface area contributed by atoms with E-state index in [4.69, 9.17) is 0 Å². The van der Waals surface area contributed by atoms with Crippen molar-refractivity contribution >= 4 is 31.5 Å². The van der Waals surface area contributed by atoms with Gasteiger partial charge in [-0.2, -0.15) is 0 Å². The summed E-state index contributed by atoms with van der Waals surface area (Å²) in [6, 6.07) is 4.85. The molecule has 110 valence electrons. The zero-order valence-corrected chi connectivity index (χ0v) is 13.1. The Morgan fingerprint density at radius 2 is 2.20 bits per heavy atom. The number of halogens is 1. The van der Waals surface area contributed by atoms with Crippen LogP contribution in [0.3, 0.4) is 0 Å². The molecule has 8 heteroatoms. The zero-order chi connectivity index (χ0) is 14.8. The molecule has 1 fully saturated rings. The van der Waals surface area contributed by atoms with Gasteiger partial charge in [0.25, 0.3) is 5.69 Å². The normalized spacial score (nSPS) is 20.9. The van der Waals surface area contributed by atoms with Crippen molar-refractivity contribution in [3.63, 3.8) is 0 Å². The molecule has 1 aromatic carbocycles. The van der Waals surface area contributed by atoms with E-state index in [0.29, 0.717) is 29.4 Å². The van der Waals surface area contributed by atoms with Crippen LogP contribution in [0.25, 0.3) is 0 Å². The molecule has 6 nitrogen and oxygen atoms in total. The molecule has 0 aliphatic carbocycles. The lowest BCUT2D eigenvalue weighted by atomic mass is 10.2. The third-order valence-corrected chi connectivity index (χ3v) is 6.16. The number of rotatable bonds is 5. The maximum Gasteiger partial charge on any atom is 0.275 e. The number of nitro groups is 1. The number of nitro benzene ring substituents is 1. The molecule has 1 atom stereocenters. The van der Waals surface area contributed by atoms with Gasteiger partial charge in [0.05, 0.1) is 15.9 Å². The highest BCUT2D eigenvalue weighted by molar-refractivity contribution is 9.10. The molecular formula is C12H15BrN2O4S. The van der Waals surface area contributed by atoms with Crippen LogP contribution in [-0.2, 0) is 16.4 Å². The Morgan fingerprint density at radius 1 is 1.45 bits per heavy atom. The van der Waals surface area contributed by atoms with Gasteiger partial charge in [-0.05, 0) is 25.0 Å². The first-order valence-corrected chi connectivity index (χ1v) is 8.76. The number of nitrogens with one attached hydrogen (secondary N) is 1. The maximum atomic E-state index is 11.7. The summed E-state index contributed by atoms with van der Waals surface area (Å²) in [4.78, 5) is 10.5. The molecule has 1 aliphatic heterocycles. The van der Waals surface area contributed by atoms with Crippen LogP contribution in [0.2, 0.25) is 0 Å². The van der Waals surface area contributed by atoms with Crippen molar-refractivity contribution in [2.24, 2.45) is 0 Å². The number of hydrogen-bond donors (Lipinski definition) is 1. The van der Waals surface area contributed by atoms with E-state index in [2.05, 4.69) is 21.2 Å². The van der Waals surface area contributed by atoms with E-state index in [0.717, 1.165) is 0 Å². The van der Waals surface area contributed by atoms with Gasteiger partial charge in [0, 0.05) is 29.2 Å². The Bertz CT molecular complexity index is 618. The first kappa shape index (κ1) is 15.4. The Hall–Kier alpha value is -0.990. The van der Waals surface area contributed by atoms with Crippen molar-refractivity contribution < 1.29 is 13.3 Å². The highest BCUT2D eigenvalue weighted by atomic mass is 79.9. The monoisotopic (exact) mass is 362 g/mol. The predicted octanol–water partition coefficient (Wildman–Crippen LogP) is 2.02. The van der Waals surface area contributed by atoms with E-state index < -0.39 is 14.8 Å². The molecule has 1 aromatic rings. The molecule has 0 radical (unpaired) electrons. The van der Waals surface area contributed by atoms with E-state index in [-0.39, 0.29) is 23.2 Å². The molecule has 1 N–H and O–H groups in total. The van der Waals surface area contributed by atoms with Gasteiger partial charge in [0.1, 0.15) is 0 Å². The summed E-state index contributed by atoms with van der Waals surface area (Å²) in [6.45, 7) is 0.630. The topological polar surface area (TPSA) is 89.3 Å². The third kappa shape index (κ3) is 3.56. The molecule has 2 rings (SSSR count). The maximum absolute atomic E-state index is 11.7. The summed E-state index contributed by atoms with van der Waals surface area (Å²) in [6.07, 6.45) is 1.37. The fourth-order valence-corrected chi connectivity index (χ4v) is 4.46. The summed E-state index contributed by atoms with van der Waals surface area (Å²) in [7, 11) is -2.98. The predicted molar refractivity (Wildman–Crippen MR) is 79.3 cm³/mol. The summed E-state index contributed by atoms with van der Waals surface area (Å²) in [5.41, 5.74) is 0.578. The summed E-state index contributed by atoms with van der Waals surface area (Å²) < 4.78 is 24.0. The molecule has 0 aromatic heterocycles. The molecule has 0 saturated carbocycles. The van der Waals surface area contributed by atoms with Crippen molar-refractivity contribution in [2.75, 3.05) is 12.3 Å². The standard InChI is InChI=1S/C12H15BrN2O4S/c13-10-4-3-9(12(6-10)15(16)17)7-14-8-11-2-1-5-20(11,18)19/h3-4,6,11,14H,1-2,5,7-8H2. The zero-order valence-electron chi connectivity index (χ0n) is 10.7. The van der Waals surface area contributed by atoms with Crippen molar-refractivity contribution in [1.82, 2.24) is 5.32 Å². The number of hydrogen-bond acceptors (Lipinski definition) is 5. The summed E-state index contributed by atoms with van der Waals surface area (Å²) in [5.74, 6) is 0.248. The lowest BCUT2D eigenvalue weighted by molar-refractivity contribution is -0.385. The molecule has 0 bridgehead atoms. The molecular weight excluding hydrogens is 348 g/mol. The Morgan fingerprint density at radius 3 is 2.80 bits per heavy atom. The highest BCUT2D eigenvalue weighted by Crippen LogP contribution is 2.24. The van der Waals surface area contributed by atoms with Crippen LogP contribution in [0.4, 0.5) is 5.69 Å². The largest absolute Gasteiger partial charge is 0.311 e. The number of benzene rings is 1. The Balaban J connectivity index is 1.99. The van der Waals surface area contributed by atoms with Crippen LogP contribution in [0.5, 0.6) is 0 Å². The number of sulfone groups is 1. The van der Waals surface area contributed by atoms with Crippen LogP contribution >= 0.6 is 15.9 Å². The number of nitrogens with zero attached hydrogens (tertiary/aromatic N) is 1. The minimum atomic E-state index is -2.98. The van der Waals surface area contributed by atoms with Gasteiger partial charge < -0.3 is 5.32 Å². The lowest BCUT2D eigenvalue weighted by Gasteiger charge is -2.11. The molecule has 1 aliphatic rings. The van der Waals surface area contributed by atoms with Crippen LogP contribution < -0.4 is 5.32 Å². The van der Waals surface area contributed by atoms with Crippen molar-refractivity contribution in [2.45, 2.75) is 24.6 Å². The second-order valence-corrected chi connectivity index (χ2v) is 8.11. The van der Waals surface area contributed by atoms with E-state index in [1.807, 2.05) is 0 Å². The van der Waals surface area contributed by atoms with Gasteiger partial charge in [-0.15, -0.1) is 0 Å². The third-order valence-electron chi connectivity index (χ3n) is 3.39. The highest BCUT2D eigenvalue weighted by Gasteiger charge is 2.30. The first-order chi connectivity index (χ1) is 9.40. The SMILES string of the molecule is O=[N+]([O-])c1cc(Br)ccc1CNCC1CCCS1(=O)=O. The fraction of sp³-hybridized carbons (Fsp3) is 0.500. The second-order valence-electron chi connectivity index (χ2n) is 4.79. The minimum Gasteiger partial charge on any atom is -0.311 e. The van der Waals surface area contributed by atoms with Gasteiger partial charge >= 0.3 is 0 Å². The van der Waals surface area contributed by atoms with E-state index in [1.165, 1.54) is 6.07 Å². The van der Waals surface area contributed by atoms with Crippen molar-refractivity contribution in [3.8, 4) is 0 Å². The fourth-order valence-electron chi connectivity index (χ4n) is 2.31. The molecule has 0 amide bonds. The van der Waals surface area contributed by atoms with Gasteiger partial charge in [0.15, 0.2) is 9.84 Å². The summed E-state index contributed by atoms with van der Waals surface area (Å²) >= 11 is 3.20. The van der Waals surface area contributed by atoms with Gasteiger partial charge in [0.2, 0.25) is 0 Å².